The van der Waals surface area contributed by atoms with Crippen molar-refractivity contribution in [3.05, 3.63) is 72.1 Å². The van der Waals surface area contributed by atoms with Gasteiger partial charge in [-0.1, -0.05) is 6.07 Å². The largest absolute Gasteiger partial charge is 0.337 e. The minimum absolute atomic E-state index is 0.171. The summed E-state index contributed by atoms with van der Waals surface area (Å²) in [6.07, 6.45) is 6.07. The van der Waals surface area contributed by atoms with Crippen LogP contribution in [0.2, 0.25) is 0 Å². The van der Waals surface area contributed by atoms with E-state index in [0.717, 1.165) is 44.9 Å². The standard InChI is InChI=1S/C26H26F2N8O2/c27-16-12-31-24-22(23(29)33-36(24)14-16)25(37)32-21-13-30-6-3-19(21)18-2-1-15(11-20(18)28)26(38)35-10-9-34-7-4-17(35)5-8-34/h1-3,6,11-14,17,22-23,33H,4-5,7-10,29H2/p+1. The Bertz CT molecular complexity index is 1410. The molecule has 196 valence electrons. The van der Waals surface area contributed by atoms with Crippen molar-refractivity contribution >= 4 is 17.5 Å². The van der Waals surface area contributed by atoms with E-state index in [-0.39, 0.29) is 29.0 Å². The Morgan fingerprint density at radius 2 is 1.89 bits per heavy atom. The fourth-order valence-corrected chi connectivity index (χ4v) is 5.55. The number of carbonyl (C=O) groups excluding carboxylic acids is 2. The first-order valence-electron chi connectivity index (χ1n) is 12.6. The summed E-state index contributed by atoms with van der Waals surface area (Å²) in [7, 11) is 0. The quantitative estimate of drug-likeness (QED) is 0.441. The smallest absolute Gasteiger partial charge is 0.334 e. The lowest BCUT2D eigenvalue weighted by Crippen LogP contribution is -2.48. The van der Waals surface area contributed by atoms with E-state index in [1.807, 2.05) is 4.90 Å². The van der Waals surface area contributed by atoms with E-state index < -0.39 is 29.6 Å². The molecule has 10 nitrogen and oxygen atoms in total. The molecule has 3 aromatic rings. The van der Waals surface area contributed by atoms with Crippen molar-refractivity contribution in [3.63, 3.8) is 0 Å². The van der Waals surface area contributed by atoms with Crippen LogP contribution in [0.25, 0.3) is 11.1 Å². The molecule has 1 aromatic carbocycles. The Labute approximate surface area is 217 Å². The van der Waals surface area contributed by atoms with Crippen LogP contribution in [0.1, 0.15) is 34.9 Å². The third kappa shape index (κ3) is 4.35. The third-order valence-corrected chi connectivity index (χ3v) is 7.53. The Kier molecular flexibility index (Phi) is 6.20. The van der Waals surface area contributed by atoms with Gasteiger partial charge in [-0.2, -0.15) is 4.39 Å². The average molecular weight is 522 g/mol. The number of nitrogens with one attached hydrogen (secondary N) is 2. The van der Waals surface area contributed by atoms with Gasteiger partial charge in [0.15, 0.2) is 18.3 Å². The average Bonchev–Trinajstić information content (AvgIpc) is 3.03. The molecular formula is C26H27F2N8O2+. The van der Waals surface area contributed by atoms with Gasteiger partial charge < -0.3 is 20.9 Å². The third-order valence-electron chi connectivity index (χ3n) is 7.53. The summed E-state index contributed by atoms with van der Waals surface area (Å²) in [5.74, 6) is -2.53. The molecule has 2 atom stereocenters. The van der Waals surface area contributed by atoms with E-state index in [2.05, 4.69) is 25.6 Å². The van der Waals surface area contributed by atoms with Crippen LogP contribution in [0.5, 0.6) is 0 Å². The number of benzene rings is 1. The maximum atomic E-state index is 15.5. The predicted molar refractivity (Wildman–Crippen MR) is 133 cm³/mol. The number of nitrogens with two attached hydrogens (primary N) is 1. The molecular weight excluding hydrogens is 494 g/mol. The molecule has 2 bridgehead atoms. The Morgan fingerprint density at radius 3 is 2.68 bits per heavy atom. The minimum atomic E-state index is -0.923. The number of halogens is 2. The molecule has 6 heterocycles. The number of piperidine rings is 1. The monoisotopic (exact) mass is 521 g/mol. The van der Waals surface area contributed by atoms with Gasteiger partial charge in [0.25, 0.3) is 5.91 Å². The molecule has 12 heteroatoms. The Hall–Kier alpha value is -4.03. The fraction of sp³-hybridized carbons (Fsp3) is 0.346. The number of rotatable bonds is 4. The summed E-state index contributed by atoms with van der Waals surface area (Å²) in [6.45, 7) is 3.43. The summed E-state index contributed by atoms with van der Waals surface area (Å²) < 4.78 is 30.3. The van der Waals surface area contributed by atoms with Gasteiger partial charge in [-0.15, -0.1) is 4.68 Å². The minimum Gasteiger partial charge on any atom is -0.334 e. The zero-order chi connectivity index (χ0) is 26.4. The fourth-order valence-electron chi connectivity index (χ4n) is 5.55. The van der Waals surface area contributed by atoms with E-state index in [1.165, 1.54) is 23.1 Å². The van der Waals surface area contributed by atoms with Crippen molar-refractivity contribution in [2.45, 2.75) is 31.0 Å². The molecule has 4 aliphatic rings. The van der Waals surface area contributed by atoms with Crippen molar-refractivity contribution in [1.82, 2.24) is 19.8 Å². The number of hydrogen-bond acceptors (Lipinski definition) is 7. The van der Waals surface area contributed by atoms with Crippen molar-refractivity contribution in [3.8, 4) is 11.1 Å². The van der Waals surface area contributed by atoms with Gasteiger partial charge in [0.05, 0.1) is 11.9 Å². The lowest BCUT2D eigenvalue weighted by molar-refractivity contribution is -0.653. The second-order valence-corrected chi connectivity index (χ2v) is 9.81. The normalized spacial score (nSPS) is 23.9. The van der Waals surface area contributed by atoms with Gasteiger partial charge >= 0.3 is 5.82 Å². The maximum Gasteiger partial charge on any atom is 0.337 e. The van der Waals surface area contributed by atoms with Gasteiger partial charge in [0.2, 0.25) is 11.7 Å². The van der Waals surface area contributed by atoms with Gasteiger partial charge in [0, 0.05) is 55.1 Å². The zero-order valence-corrected chi connectivity index (χ0v) is 20.5. The highest BCUT2D eigenvalue weighted by Crippen LogP contribution is 2.32. The Balaban J connectivity index is 1.25. The number of pyridine rings is 1. The van der Waals surface area contributed by atoms with E-state index in [0.29, 0.717) is 17.7 Å². The molecule has 38 heavy (non-hydrogen) atoms. The first-order valence-corrected chi connectivity index (χ1v) is 12.6. The number of carbonyl (C=O) groups is 2. The first-order chi connectivity index (χ1) is 18.4. The molecule has 4 N–H and O–H groups in total. The van der Waals surface area contributed by atoms with Crippen LogP contribution in [0.4, 0.5) is 14.5 Å². The number of nitrogens with zero attached hydrogens (tertiary/aromatic N) is 5. The molecule has 2 amide bonds. The van der Waals surface area contributed by atoms with E-state index in [9.17, 15) is 14.0 Å². The predicted octanol–water partition coefficient (Wildman–Crippen LogP) is 1.19. The number of amides is 2. The number of aromatic nitrogens is 3. The molecule has 3 fully saturated rings. The van der Waals surface area contributed by atoms with Crippen molar-refractivity contribution in [2.24, 2.45) is 5.73 Å². The van der Waals surface area contributed by atoms with E-state index in [1.54, 1.807) is 18.2 Å². The van der Waals surface area contributed by atoms with Gasteiger partial charge in [-0.05, 0) is 36.0 Å². The molecule has 2 unspecified atom stereocenters. The molecule has 0 aliphatic carbocycles. The summed E-state index contributed by atoms with van der Waals surface area (Å²) in [5, 5.41) is 2.76. The van der Waals surface area contributed by atoms with E-state index in [4.69, 9.17) is 5.73 Å². The lowest BCUT2D eigenvalue weighted by atomic mass is 10.00. The van der Waals surface area contributed by atoms with Crippen LogP contribution in [-0.2, 0) is 4.79 Å². The summed E-state index contributed by atoms with van der Waals surface area (Å²) in [6, 6.07) is 6.18. The van der Waals surface area contributed by atoms with Crippen LogP contribution in [0.3, 0.4) is 0 Å². The van der Waals surface area contributed by atoms with Crippen LogP contribution < -0.4 is 21.2 Å². The SMILES string of the molecule is NC1N[n+]2cc(F)cnc2C1C(=O)Nc1cnccc1-c1ccc(C(=O)N2CCN3CCC2CC3)cc1F. The molecule has 3 saturated heterocycles. The maximum absolute atomic E-state index is 15.5. The molecule has 0 spiro atoms. The van der Waals surface area contributed by atoms with Crippen molar-refractivity contribution < 1.29 is 23.0 Å². The van der Waals surface area contributed by atoms with Crippen molar-refractivity contribution in [1.29, 1.82) is 0 Å². The van der Waals surface area contributed by atoms with Crippen LogP contribution in [-0.4, -0.2) is 70.0 Å². The molecule has 0 saturated carbocycles. The molecule has 7 rings (SSSR count). The summed E-state index contributed by atoms with van der Waals surface area (Å²) in [5.41, 5.74) is 10.0. The first kappa shape index (κ1) is 24.3. The summed E-state index contributed by atoms with van der Waals surface area (Å²) >= 11 is 0. The second-order valence-electron chi connectivity index (χ2n) is 9.81. The topological polar surface area (TPSA) is 120 Å². The highest BCUT2D eigenvalue weighted by Gasteiger charge is 2.44. The number of anilines is 1. The lowest BCUT2D eigenvalue weighted by Gasteiger charge is -2.31. The van der Waals surface area contributed by atoms with Gasteiger partial charge in [-0.3, -0.25) is 14.6 Å². The molecule has 4 aliphatic heterocycles. The number of fused-ring (bicyclic) bond motifs is 5. The zero-order valence-electron chi connectivity index (χ0n) is 20.5. The van der Waals surface area contributed by atoms with Gasteiger partial charge in [-0.25, -0.2) is 9.82 Å². The number of hydrogen-bond donors (Lipinski definition) is 3. The molecule has 2 aromatic heterocycles. The van der Waals surface area contributed by atoms with Crippen LogP contribution in [0, 0.1) is 11.6 Å². The highest BCUT2D eigenvalue weighted by molar-refractivity contribution is 6.00. The van der Waals surface area contributed by atoms with Crippen LogP contribution >= 0.6 is 0 Å². The van der Waals surface area contributed by atoms with Gasteiger partial charge in [0.1, 0.15) is 12.0 Å². The molecule has 0 radical (unpaired) electrons. The second kappa shape index (κ2) is 9.69. The summed E-state index contributed by atoms with van der Waals surface area (Å²) in [4.78, 5) is 38.8. The Morgan fingerprint density at radius 1 is 1.08 bits per heavy atom. The van der Waals surface area contributed by atoms with Crippen LogP contribution in [0.15, 0.2) is 49.1 Å². The van der Waals surface area contributed by atoms with E-state index >= 15 is 4.39 Å². The highest BCUT2D eigenvalue weighted by atomic mass is 19.1. The van der Waals surface area contributed by atoms with Crippen molar-refractivity contribution in [2.75, 3.05) is 36.9 Å².